The van der Waals surface area contributed by atoms with Gasteiger partial charge in [0.05, 0.1) is 0 Å². The first-order valence-corrected chi connectivity index (χ1v) is 3.93. The van der Waals surface area contributed by atoms with Crippen molar-refractivity contribution in [3.63, 3.8) is 0 Å². The largest absolute Gasteiger partial charge is 0.608 e. The van der Waals surface area contributed by atoms with Crippen LogP contribution in [0, 0.1) is 10.4 Å². The van der Waals surface area contributed by atoms with E-state index in [4.69, 9.17) is 5.90 Å². The Morgan fingerprint density at radius 1 is 1.29 bits per heavy atom. The highest BCUT2D eigenvalue weighted by Crippen LogP contribution is 2.10. The predicted octanol–water partition coefficient (Wildman–Crippen LogP) is -2.35. The summed E-state index contributed by atoms with van der Waals surface area (Å²) in [6, 6.07) is 6.27. The van der Waals surface area contributed by atoms with Crippen molar-refractivity contribution in [2.75, 3.05) is 7.05 Å². The number of hydrogen-bond donors (Lipinski definition) is 4. The van der Waals surface area contributed by atoms with E-state index in [0.717, 1.165) is 0 Å². The molecular formula is C7H12N4O3. The number of quaternary nitrogens is 2. The zero-order chi connectivity index (χ0) is 10.6. The Morgan fingerprint density at radius 2 is 1.86 bits per heavy atom. The van der Waals surface area contributed by atoms with E-state index in [2.05, 4.69) is 10.4 Å². The summed E-state index contributed by atoms with van der Waals surface area (Å²) in [5.74, 6) is 4.73. The van der Waals surface area contributed by atoms with Crippen LogP contribution < -0.4 is 21.7 Å². The molecule has 1 rings (SSSR count). The summed E-state index contributed by atoms with van der Waals surface area (Å²) >= 11 is 0. The molecule has 0 saturated carbocycles. The molecule has 0 saturated heterocycles. The molecule has 0 radical (unpaired) electrons. The number of rotatable bonds is 4. The summed E-state index contributed by atoms with van der Waals surface area (Å²) in [5, 5.41) is 21.3. The van der Waals surface area contributed by atoms with Gasteiger partial charge in [0.25, 0.3) is 0 Å². The fourth-order valence-corrected chi connectivity index (χ4v) is 1.06. The molecule has 5 N–H and O–H groups in total. The molecule has 14 heavy (non-hydrogen) atoms. The minimum Gasteiger partial charge on any atom is -0.608 e. The maximum atomic E-state index is 11.3. The molecule has 0 fully saturated rings. The summed E-state index contributed by atoms with van der Waals surface area (Å²) < 4.78 is 0. The first kappa shape index (κ1) is 11.0. The van der Waals surface area contributed by atoms with E-state index in [1.807, 2.05) is 0 Å². The third kappa shape index (κ3) is 2.25. The molecule has 0 amide bonds. The van der Waals surface area contributed by atoms with Crippen LogP contribution in [0.2, 0.25) is 0 Å². The molecule has 0 heterocycles. The van der Waals surface area contributed by atoms with E-state index in [9.17, 15) is 10.4 Å². The maximum Gasteiger partial charge on any atom is 0.229 e. The van der Waals surface area contributed by atoms with Gasteiger partial charge in [0.15, 0.2) is 0 Å². The van der Waals surface area contributed by atoms with Gasteiger partial charge >= 0.3 is 0 Å². The Bertz CT molecular complexity index is 267. The number of nitrogens with one attached hydrogen (secondary N) is 3. The van der Waals surface area contributed by atoms with Crippen molar-refractivity contribution >= 4 is 11.4 Å². The first-order valence-electron chi connectivity index (χ1n) is 3.93. The van der Waals surface area contributed by atoms with Crippen molar-refractivity contribution < 1.29 is 15.3 Å². The van der Waals surface area contributed by atoms with Crippen molar-refractivity contribution in [2.45, 2.75) is 0 Å². The smallest absolute Gasteiger partial charge is 0.229 e. The van der Waals surface area contributed by atoms with Gasteiger partial charge < -0.3 is 10.4 Å². The van der Waals surface area contributed by atoms with Gasteiger partial charge in [0.1, 0.15) is 0 Å². The number of benzene rings is 1. The highest BCUT2D eigenvalue weighted by molar-refractivity contribution is 5.50. The van der Waals surface area contributed by atoms with Crippen LogP contribution in [0.4, 0.5) is 11.4 Å². The van der Waals surface area contributed by atoms with Gasteiger partial charge in [-0.25, -0.2) is 0 Å². The summed E-state index contributed by atoms with van der Waals surface area (Å²) in [7, 11) is 1.48. The Kier molecular flexibility index (Phi) is 3.92. The van der Waals surface area contributed by atoms with E-state index < -0.39 is 5.23 Å². The fourth-order valence-electron chi connectivity index (χ4n) is 1.06. The lowest BCUT2D eigenvalue weighted by molar-refractivity contribution is -1.00. The van der Waals surface area contributed by atoms with Crippen LogP contribution in [-0.4, -0.2) is 7.05 Å². The molecule has 78 valence electrons. The Hall–Kier alpha value is -1.06. The first-order chi connectivity index (χ1) is 6.70. The molecule has 7 heteroatoms. The van der Waals surface area contributed by atoms with Gasteiger partial charge in [-0.3, -0.25) is 5.17 Å². The fraction of sp³-hybridized carbons (Fsp3) is 0.143. The van der Waals surface area contributed by atoms with Crippen molar-refractivity contribution in [2.24, 2.45) is 5.90 Å². The minimum atomic E-state index is -0.732. The molecule has 0 aliphatic heterocycles. The number of nitrogens with two attached hydrogens (primary N) is 1. The average molecular weight is 200 g/mol. The van der Waals surface area contributed by atoms with Gasteiger partial charge in [-0.15, -0.1) is 4.94 Å². The van der Waals surface area contributed by atoms with Crippen molar-refractivity contribution in [1.29, 1.82) is 0 Å². The third-order valence-electron chi connectivity index (χ3n) is 1.73. The van der Waals surface area contributed by atoms with Gasteiger partial charge in [-0.05, 0) is 0 Å². The van der Waals surface area contributed by atoms with Crippen molar-refractivity contribution in [3.05, 3.63) is 34.7 Å². The number of hydrogen-bond acceptors (Lipinski definition) is 5. The SMILES string of the molecule is CN[NH+]([O-])c1ccccc1[NH+]([O-])ON. The summed E-state index contributed by atoms with van der Waals surface area (Å²) in [6.45, 7) is 0. The van der Waals surface area contributed by atoms with Gasteiger partial charge in [0, 0.05) is 19.2 Å². The lowest BCUT2D eigenvalue weighted by Gasteiger charge is -2.23. The molecule has 7 nitrogen and oxygen atoms in total. The summed E-state index contributed by atoms with van der Waals surface area (Å²) in [4.78, 5) is 4.05. The van der Waals surface area contributed by atoms with E-state index >= 15 is 0 Å². The molecule has 1 aromatic rings. The van der Waals surface area contributed by atoms with Crippen LogP contribution in [0.1, 0.15) is 0 Å². The Labute approximate surface area is 80.7 Å². The lowest BCUT2D eigenvalue weighted by Crippen LogP contribution is -3.11. The average Bonchev–Trinajstić information content (AvgIpc) is 2.27. The summed E-state index contributed by atoms with van der Waals surface area (Å²) in [5.41, 5.74) is 2.80. The molecule has 0 bridgehead atoms. The normalized spacial score (nSPS) is 15.1. The predicted molar refractivity (Wildman–Crippen MR) is 48.8 cm³/mol. The topological polar surface area (TPSA) is 102 Å². The van der Waals surface area contributed by atoms with Crippen LogP contribution >= 0.6 is 0 Å². The van der Waals surface area contributed by atoms with E-state index in [1.165, 1.54) is 19.2 Å². The second-order valence-corrected chi connectivity index (χ2v) is 2.53. The maximum absolute atomic E-state index is 11.3. The Balaban J connectivity index is 3.02. The monoisotopic (exact) mass is 200 g/mol. The summed E-state index contributed by atoms with van der Waals surface area (Å²) in [6.07, 6.45) is 0. The quantitative estimate of drug-likeness (QED) is 0.408. The molecule has 2 unspecified atom stereocenters. The van der Waals surface area contributed by atoms with Crippen LogP contribution in [0.5, 0.6) is 0 Å². The molecule has 0 spiro atoms. The lowest BCUT2D eigenvalue weighted by atomic mass is 10.3. The zero-order valence-electron chi connectivity index (χ0n) is 7.61. The third-order valence-corrected chi connectivity index (χ3v) is 1.73. The molecule has 2 atom stereocenters. The molecule has 0 aromatic heterocycles. The standard InChI is InChI=1S/C7H12N4O3/c1-9-10(12)6-4-2-3-5-7(6)11(13)14-8/h2-5,9-11H,8H2,1H3. The Morgan fingerprint density at radius 3 is 2.36 bits per heavy atom. The van der Waals surface area contributed by atoms with E-state index in [0.29, 0.717) is 0 Å². The molecule has 0 aliphatic carbocycles. The second kappa shape index (κ2) is 4.98. The highest BCUT2D eigenvalue weighted by atomic mass is 16.9. The van der Waals surface area contributed by atoms with Crippen molar-refractivity contribution in [1.82, 2.24) is 5.43 Å². The van der Waals surface area contributed by atoms with Crippen molar-refractivity contribution in [3.8, 4) is 0 Å². The van der Waals surface area contributed by atoms with Crippen LogP contribution in [0.3, 0.4) is 0 Å². The van der Waals surface area contributed by atoms with Crippen LogP contribution in [0.25, 0.3) is 0 Å². The van der Waals surface area contributed by atoms with Crippen LogP contribution in [-0.2, 0) is 4.94 Å². The molecular weight excluding hydrogens is 188 g/mol. The zero-order valence-corrected chi connectivity index (χ0v) is 7.61. The minimum absolute atomic E-state index is 0.148. The van der Waals surface area contributed by atoms with Gasteiger partial charge in [-0.2, -0.15) is 16.5 Å². The highest BCUT2D eigenvalue weighted by Gasteiger charge is 2.15. The van der Waals surface area contributed by atoms with E-state index in [1.54, 1.807) is 12.1 Å². The second-order valence-electron chi connectivity index (χ2n) is 2.53. The molecule has 0 aliphatic rings. The van der Waals surface area contributed by atoms with E-state index in [-0.39, 0.29) is 16.5 Å². The van der Waals surface area contributed by atoms with Gasteiger partial charge in [0.2, 0.25) is 11.4 Å². The van der Waals surface area contributed by atoms with Crippen LogP contribution in [0.15, 0.2) is 24.3 Å². The van der Waals surface area contributed by atoms with Gasteiger partial charge in [-0.1, -0.05) is 12.1 Å². The number of para-hydroxylation sites is 1. The molecule has 1 aromatic carbocycles.